The molecule has 4 aliphatic rings. The number of hydrogen-bond acceptors (Lipinski definition) is 24. The van der Waals surface area contributed by atoms with Gasteiger partial charge in [0.1, 0.15) is 121 Å². The molecular formula is C39H56O24. The number of rotatable bonds is 16. The molecule has 4 aliphatic heterocycles. The lowest BCUT2D eigenvalue weighted by Crippen LogP contribution is -2.60. The molecule has 0 amide bonds. The van der Waals surface area contributed by atoms with Gasteiger partial charge in [0, 0.05) is 12.1 Å². The zero-order chi connectivity index (χ0) is 45.9. The Morgan fingerprint density at radius 2 is 0.619 bits per heavy atom. The summed E-state index contributed by atoms with van der Waals surface area (Å²) in [5.74, 6) is -0.175. The normalized spacial score (nSPS) is 40.9. The summed E-state index contributed by atoms with van der Waals surface area (Å²) >= 11 is 0. The van der Waals surface area contributed by atoms with Crippen LogP contribution < -0.4 is 18.9 Å². The summed E-state index contributed by atoms with van der Waals surface area (Å²) in [5, 5.41) is 164. The van der Waals surface area contributed by atoms with Crippen LogP contribution in [0.25, 0.3) is 0 Å². The maximum absolute atomic E-state index is 10.8. The van der Waals surface area contributed by atoms with Crippen molar-refractivity contribution in [3.63, 3.8) is 0 Å². The molecule has 4 unspecified atom stereocenters. The van der Waals surface area contributed by atoms with Crippen LogP contribution in [0, 0.1) is 0 Å². The molecule has 0 saturated carbocycles. The van der Waals surface area contributed by atoms with Crippen LogP contribution in [-0.2, 0) is 31.8 Å². The van der Waals surface area contributed by atoms with E-state index in [9.17, 15) is 81.7 Å². The van der Waals surface area contributed by atoms with Crippen LogP contribution in [-0.4, -0.2) is 231 Å². The van der Waals surface area contributed by atoms with Crippen molar-refractivity contribution in [2.24, 2.45) is 0 Å². The van der Waals surface area contributed by atoms with E-state index < -0.39 is 149 Å². The fourth-order valence-electron chi connectivity index (χ4n) is 7.50. The van der Waals surface area contributed by atoms with Crippen molar-refractivity contribution >= 4 is 0 Å². The minimum atomic E-state index is -1.82. The molecule has 63 heavy (non-hydrogen) atoms. The molecule has 4 heterocycles. The van der Waals surface area contributed by atoms with Gasteiger partial charge in [0.05, 0.1) is 26.4 Å². The molecule has 356 valence electrons. The standard InChI is InChI=1S/C39H56O24/c40-10-20-24(44)28(48)32(52)36(60-20)56-16-6-4-14(18(8-16)58-38-34(54)30(50)26(46)22(12-42)62-38)2-1-3-15-5-7-17(57-37-33(53)29(49)25(45)21(11-41)61-37)9-19(15)59-39-35(55)31(51)27(47)23(13-43)63-39/h4-9,20-55H,1-3,10-13H2/t20-,21-,22-,23-,24+,25+,26+,27+,28+,29+,30+,31+,32-,33-,34-,35-,36?,37?,38?,39?/m1/s1. The summed E-state index contributed by atoms with van der Waals surface area (Å²) in [4.78, 5) is 0. The second kappa shape index (κ2) is 21.4. The van der Waals surface area contributed by atoms with Gasteiger partial charge in [-0.05, 0) is 42.5 Å². The average molecular weight is 909 g/mol. The Bertz CT molecular complexity index is 1630. The molecule has 20 atom stereocenters. The molecule has 2 aromatic rings. The zero-order valence-corrected chi connectivity index (χ0v) is 33.4. The first kappa shape index (κ1) is 49.3. The van der Waals surface area contributed by atoms with Crippen molar-refractivity contribution in [1.82, 2.24) is 0 Å². The number of hydrogen-bond donors (Lipinski definition) is 16. The fraction of sp³-hybridized carbons (Fsp3) is 0.692. The van der Waals surface area contributed by atoms with E-state index in [1.165, 1.54) is 36.4 Å². The Kier molecular flexibility index (Phi) is 16.8. The molecule has 24 heteroatoms. The highest BCUT2D eigenvalue weighted by atomic mass is 16.7. The van der Waals surface area contributed by atoms with Gasteiger partial charge < -0.3 is 120 Å². The zero-order valence-electron chi connectivity index (χ0n) is 33.4. The first-order valence-electron chi connectivity index (χ1n) is 20.2. The van der Waals surface area contributed by atoms with Crippen LogP contribution in [0.5, 0.6) is 23.0 Å². The molecule has 0 aromatic heterocycles. The highest BCUT2D eigenvalue weighted by molar-refractivity contribution is 5.43. The van der Waals surface area contributed by atoms with E-state index in [-0.39, 0.29) is 42.3 Å². The second-order valence-corrected chi connectivity index (χ2v) is 15.7. The Morgan fingerprint density at radius 3 is 0.889 bits per heavy atom. The predicted molar refractivity (Wildman–Crippen MR) is 202 cm³/mol. The van der Waals surface area contributed by atoms with Crippen LogP contribution >= 0.6 is 0 Å². The number of aliphatic hydroxyl groups excluding tert-OH is 16. The lowest BCUT2D eigenvalue weighted by molar-refractivity contribution is -0.278. The number of benzene rings is 2. The molecule has 4 fully saturated rings. The van der Waals surface area contributed by atoms with E-state index in [1.54, 1.807) is 0 Å². The van der Waals surface area contributed by atoms with Crippen molar-refractivity contribution in [2.45, 2.75) is 142 Å². The lowest BCUT2D eigenvalue weighted by Gasteiger charge is -2.40. The van der Waals surface area contributed by atoms with E-state index >= 15 is 0 Å². The molecule has 16 N–H and O–H groups in total. The van der Waals surface area contributed by atoms with Crippen molar-refractivity contribution in [3.8, 4) is 23.0 Å². The van der Waals surface area contributed by atoms with E-state index in [0.29, 0.717) is 11.1 Å². The predicted octanol–water partition coefficient (Wildman–Crippen LogP) is -7.42. The molecule has 0 bridgehead atoms. The molecule has 2 aromatic carbocycles. The van der Waals surface area contributed by atoms with Gasteiger partial charge in [0.15, 0.2) is 0 Å². The molecule has 6 rings (SSSR count). The van der Waals surface area contributed by atoms with Crippen molar-refractivity contribution in [1.29, 1.82) is 0 Å². The molecular weight excluding hydrogens is 852 g/mol. The fourth-order valence-corrected chi connectivity index (χ4v) is 7.50. The third-order valence-corrected chi connectivity index (χ3v) is 11.4. The molecule has 0 radical (unpaired) electrons. The summed E-state index contributed by atoms with van der Waals surface area (Å²) in [6.07, 6.45) is -32.2. The molecule has 0 aliphatic carbocycles. The van der Waals surface area contributed by atoms with Crippen molar-refractivity contribution in [2.75, 3.05) is 26.4 Å². The van der Waals surface area contributed by atoms with E-state index in [0.717, 1.165) is 0 Å². The minimum absolute atomic E-state index is 0.0394. The van der Waals surface area contributed by atoms with Crippen molar-refractivity contribution in [3.05, 3.63) is 47.5 Å². The Labute approximate surface area is 358 Å². The van der Waals surface area contributed by atoms with Gasteiger partial charge in [0.2, 0.25) is 25.2 Å². The molecule has 24 nitrogen and oxygen atoms in total. The third-order valence-electron chi connectivity index (χ3n) is 11.4. The van der Waals surface area contributed by atoms with Crippen LogP contribution in [0.4, 0.5) is 0 Å². The Balaban J connectivity index is 1.26. The van der Waals surface area contributed by atoms with Crippen LogP contribution in [0.1, 0.15) is 17.5 Å². The lowest BCUT2D eigenvalue weighted by atomic mass is 9.98. The summed E-state index contributed by atoms with van der Waals surface area (Å²) in [6.45, 7) is -2.95. The Morgan fingerprint density at radius 1 is 0.349 bits per heavy atom. The van der Waals surface area contributed by atoms with Gasteiger partial charge in [-0.2, -0.15) is 0 Å². The minimum Gasteiger partial charge on any atom is -0.462 e. The van der Waals surface area contributed by atoms with Gasteiger partial charge in [-0.25, -0.2) is 0 Å². The topological polar surface area (TPSA) is 398 Å². The first-order chi connectivity index (χ1) is 30.0. The third kappa shape index (κ3) is 10.8. The number of aryl methyl sites for hydroxylation is 2. The first-order valence-corrected chi connectivity index (χ1v) is 20.2. The maximum Gasteiger partial charge on any atom is 0.229 e. The van der Waals surface area contributed by atoms with E-state index in [1.807, 2.05) is 0 Å². The summed E-state index contributed by atoms with van der Waals surface area (Å²) in [5.41, 5.74) is 0.819. The van der Waals surface area contributed by atoms with E-state index in [2.05, 4.69) is 0 Å². The van der Waals surface area contributed by atoms with Gasteiger partial charge in [0.25, 0.3) is 0 Å². The van der Waals surface area contributed by atoms with Crippen LogP contribution in [0.2, 0.25) is 0 Å². The summed E-state index contributed by atoms with van der Waals surface area (Å²) in [6, 6.07) is 8.46. The van der Waals surface area contributed by atoms with Crippen molar-refractivity contribution < 1.29 is 120 Å². The van der Waals surface area contributed by atoms with E-state index in [4.69, 9.17) is 37.9 Å². The maximum atomic E-state index is 10.8. The number of ether oxygens (including phenoxy) is 8. The monoisotopic (exact) mass is 908 g/mol. The quantitative estimate of drug-likeness (QED) is 0.0744. The van der Waals surface area contributed by atoms with Gasteiger partial charge >= 0.3 is 0 Å². The summed E-state index contributed by atoms with van der Waals surface area (Å²) in [7, 11) is 0. The van der Waals surface area contributed by atoms with Gasteiger partial charge in [-0.15, -0.1) is 0 Å². The SMILES string of the molecule is OC[C@H]1OC(Oc2ccc(CCCc3ccc(OC4O[C@H](CO)[C@H](O)[C@H](O)[C@H]4O)cc3OC3O[C@H](CO)[C@H](O)[C@H](O)[C@H]3O)c(OC3O[C@H](CO)[C@H](O)[C@H](O)[C@H]3O)c2)[C@H](O)[C@@H](O)[C@H]1O. The highest BCUT2D eigenvalue weighted by Crippen LogP contribution is 2.36. The number of aliphatic hydroxyl groups is 16. The second-order valence-electron chi connectivity index (χ2n) is 15.7. The van der Waals surface area contributed by atoms with Crippen LogP contribution in [0.3, 0.4) is 0 Å². The van der Waals surface area contributed by atoms with Gasteiger partial charge in [-0.1, -0.05) is 12.1 Å². The summed E-state index contributed by atoms with van der Waals surface area (Å²) < 4.78 is 45.5. The Hall–Kier alpha value is -3.16. The smallest absolute Gasteiger partial charge is 0.229 e. The van der Waals surface area contributed by atoms with Gasteiger partial charge in [-0.3, -0.25) is 0 Å². The van der Waals surface area contributed by atoms with Crippen LogP contribution in [0.15, 0.2) is 36.4 Å². The molecule has 0 spiro atoms. The average Bonchev–Trinajstić information content (AvgIpc) is 3.28. The molecule has 4 saturated heterocycles. The largest absolute Gasteiger partial charge is 0.462 e. The highest BCUT2D eigenvalue weighted by Gasteiger charge is 2.48.